The van der Waals surface area contributed by atoms with Gasteiger partial charge in [0.1, 0.15) is 0 Å². The first-order chi connectivity index (χ1) is 14.2. The molecule has 3 rings (SSSR count). The van der Waals surface area contributed by atoms with Crippen LogP contribution in [0.4, 0.5) is 9.93 Å². The van der Waals surface area contributed by atoms with Crippen LogP contribution in [-0.4, -0.2) is 48.7 Å². The van der Waals surface area contributed by atoms with Crippen molar-refractivity contribution >= 4 is 38.3 Å². The number of carbonyl (C=O) groups excluding carboxylic acids is 2. The van der Waals surface area contributed by atoms with Crippen molar-refractivity contribution in [2.24, 2.45) is 0 Å². The van der Waals surface area contributed by atoms with Crippen LogP contribution in [0.5, 0.6) is 0 Å². The summed E-state index contributed by atoms with van der Waals surface area (Å²) in [5.74, 6) is -0.0339. The van der Waals surface area contributed by atoms with Crippen molar-refractivity contribution in [3.05, 3.63) is 40.4 Å². The normalized spacial score (nSPS) is 13.8. The van der Waals surface area contributed by atoms with E-state index in [2.05, 4.69) is 10.3 Å². The Morgan fingerprint density at radius 3 is 2.60 bits per heavy atom. The molecule has 1 aliphatic rings. The van der Waals surface area contributed by atoms with Crippen molar-refractivity contribution in [1.29, 1.82) is 0 Å². The maximum atomic E-state index is 12.7. The van der Waals surface area contributed by atoms with Crippen molar-refractivity contribution in [2.45, 2.75) is 50.3 Å². The molecule has 1 aromatic carbocycles. The van der Waals surface area contributed by atoms with Gasteiger partial charge in [0.25, 0.3) is 0 Å². The van der Waals surface area contributed by atoms with Gasteiger partial charge >= 0.3 is 6.09 Å². The molecule has 1 aromatic heterocycles. The molecule has 0 atom stereocenters. The number of hydrogen-bond acceptors (Lipinski definition) is 7. The van der Waals surface area contributed by atoms with Gasteiger partial charge in [-0.05, 0) is 38.5 Å². The molecule has 0 spiro atoms. The highest BCUT2D eigenvalue weighted by atomic mass is 32.2. The largest absolute Gasteiger partial charge is 0.450 e. The highest BCUT2D eigenvalue weighted by Crippen LogP contribution is 2.29. The van der Waals surface area contributed by atoms with Crippen molar-refractivity contribution in [1.82, 2.24) is 9.88 Å². The van der Waals surface area contributed by atoms with E-state index in [1.165, 1.54) is 11.3 Å². The summed E-state index contributed by atoms with van der Waals surface area (Å²) in [5.41, 5.74) is 1.65. The smallest absolute Gasteiger partial charge is 0.413 e. The van der Waals surface area contributed by atoms with Crippen LogP contribution in [0, 0.1) is 0 Å². The second kappa shape index (κ2) is 9.13. The molecular weight excluding hydrogens is 426 g/mol. The minimum absolute atomic E-state index is 0.0339. The number of fused-ring (bicyclic) bond motifs is 1. The molecule has 2 heterocycles. The minimum atomic E-state index is -3.33. The third-order valence-corrected chi connectivity index (χ3v) is 7.96. The summed E-state index contributed by atoms with van der Waals surface area (Å²) < 4.78 is 29.3. The van der Waals surface area contributed by atoms with E-state index in [9.17, 15) is 18.0 Å². The molecule has 2 amide bonds. The Balaban J connectivity index is 1.62. The molecule has 0 unspecified atom stereocenters. The average molecular weight is 452 g/mol. The van der Waals surface area contributed by atoms with E-state index in [1.807, 2.05) is 0 Å². The van der Waals surface area contributed by atoms with Gasteiger partial charge in [-0.1, -0.05) is 23.5 Å². The Hall–Kier alpha value is -2.46. The van der Waals surface area contributed by atoms with Crippen LogP contribution < -0.4 is 5.32 Å². The van der Waals surface area contributed by atoms with Crippen LogP contribution in [0.15, 0.2) is 29.2 Å². The minimum Gasteiger partial charge on any atom is -0.450 e. The summed E-state index contributed by atoms with van der Waals surface area (Å²) in [6, 6.07) is 6.50. The van der Waals surface area contributed by atoms with Crippen LogP contribution in [0.25, 0.3) is 0 Å². The third kappa shape index (κ3) is 4.99. The number of nitrogens with one attached hydrogen (secondary N) is 1. The predicted molar refractivity (Wildman–Crippen MR) is 114 cm³/mol. The third-order valence-electron chi connectivity index (χ3n) is 4.80. The molecular formula is C20H25N3O5S2. The van der Waals surface area contributed by atoms with E-state index < -0.39 is 21.2 Å². The number of sulfone groups is 1. The van der Waals surface area contributed by atoms with Gasteiger partial charge < -0.3 is 9.64 Å². The highest BCUT2D eigenvalue weighted by molar-refractivity contribution is 7.92. The maximum absolute atomic E-state index is 12.7. The monoisotopic (exact) mass is 451 g/mol. The zero-order chi connectivity index (χ0) is 21.9. The van der Waals surface area contributed by atoms with E-state index in [0.29, 0.717) is 24.6 Å². The van der Waals surface area contributed by atoms with Gasteiger partial charge in [-0.25, -0.2) is 18.2 Å². The second-order valence-electron chi connectivity index (χ2n) is 7.21. The summed E-state index contributed by atoms with van der Waals surface area (Å²) in [4.78, 5) is 31.7. The molecule has 0 bridgehead atoms. The summed E-state index contributed by atoms with van der Waals surface area (Å²) in [6.45, 7) is 6.29. The van der Waals surface area contributed by atoms with Crippen LogP contribution in [0.3, 0.4) is 0 Å². The summed E-state index contributed by atoms with van der Waals surface area (Å²) in [7, 11) is -3.33. The Bertz CT molecular complexity index is 1030. The molecule has 0 radical (unpaired) electrons. The lowest BCUT2D eigenvalue weighted by Crippen LogP contribution is -2.36. The molecule has 2 aromatic rings. The Labute approximate surface area is 180 Å². The summed E-state index contributed by atoms with van der Waals surface area (Å²) in [6.07, 6.45) is 0.275. The fraction of sp³-hybridized carbons (Fsp3) is 0.450. The zero-order valence-corrected chi connectivity index (χ0v) is 18.8. The molecule has 0 aliphatic carbocycles. The van der Waals surface area contributed by atoms with Gasteiger partial charge in [-0.2, -0.15) is 0 Å². The number of carbonyl (C=O) groups is 2. The molecule has 1 N–H and O–H groups in total. The number of ether oxygens (including phenoxy) is 1. The number of thiazole rings is 1. The van der Waals surface area contributed by atoms with E-state index in [1.54, 1.807) is 49.9 Å². The SMILES string of the molecule is CCOC(=O)Nc1nc2c(s1)CN(C(=O)Cc1ccc(S(=O)(=O)C(C)C)cc1)CC2. The van der Waals surface area contributed by atoms with E-state index >= 15 is 0 Å². The van der Waals surface area contributed by atoms with Gasteiger partial charge in [-0.15, -0.1) is 0 Å². The van der Waals surface area contributed by atoms with Crippen LogP contribution >= 0.6 is 11.3 Å². The van der Waals surface area contributed by atoms with Gasteiger partial charge in [0.05, 0.1) is 35.4 Å². The molecule has 1 aliphatic heterocycles. The average Bonchev–Trinajstić information content (AvgIpc) is 3.09. The van der Waals surface area contributed by atoms with Gasteiger partial charge in [0, 0.05) is 17.8 Å². The Morgan fingerprint density at radius 2 is 1.97 bits per heavy atom. The topological polar surface area (TPSA) is 106 Å². The number of hydrogen-bond donors (Lipinski definition) is 1. The summed E-state index contributed by atoms with van der Waals surface area (Å²) >= 11 is 1.34. The number of rotatable bonds is 6. The van der Waals surface area contributed by atoms with E-state index in [0.717, 1.165) is 16.1 Å². The second-order valence-corrected chi connectivity index (χ2v) is 10.8. The first-order valence-corrected chi connectivity index (χ1v) is 12.1. The molecule has 0 saturated carbocycles. The van der Waals surface area contributed by atoms with Crippen LogP contribution in [0.1, 0.15) is 36.9 Å². The Kier molecular flexibility index (Phi) is 6.77. The standard InChI is InChI=1S/C20H25N3O5S2/c1-4-28-20(25)22-19-21-16-9-10-23(12-17(16)29-19)18(24)11-14-5-7-15(8-6-14)30(26,27)13(2)3/h5-8,13H,4,9-12H2,1-3H3,(H,21,22,25). The predicted octanol–water partition coefficient (Wildman–Crippen LogP) is 3.02. The zero-order valence-electron chi connectivity index (χ0n) is 17.2. The fourth-order valence-electron chi connectivity index (χ4n) is 3.07. The van der Waals surface area contributed by atoms with Crippen molar-refractivity contribution in [3.8, 4) is 0 Å². The van der Waals surface area contributed by atoms with E-state index in [-0.39, 0.29) is 23.8 Å². The lowest BCUT2D eigenvalue weighted by Gasteiger charge is -2.26. The number of nitrogens with zero attached hydrogens (tertiary/aromatic N) is 2. The molecule has 0 fully saturated rings. The first kappa shape index (κ1) is 22.2. The van der Waals surface area contributed by atoms with Crippen molar-refractivity contribution < 1.29 is 22.7 Å². The quantitative estimate of drug-likeness (QED) is 0.724. The molecule has 162 valence electrons. The fourth-order valence-corrected chi connectivity index (χ4v) is 5.14. The molecule has 10 heteroatoms. The molecule has 0 saturated heterocycles. The lowest BCUT2D eigenvalue weighted by molar-refractivity contribution is -0.131. The van der Waals surface area contributed by atoms with E-state index in [4.69, 9.17) is 4.74 Å². The van der Waals surface area contributed by atoms with Crippen LogP contribution in [-0.2, 0) is 38.8 Å². The number of benzene rings is 1. The van der Waals surface area contributed by atoms with Crippen LogP contribution in [0.2, 0.25) is 0 Å². The van der Waals surface area contributed by atoms with Crippen molar-refractivity contribution in [2.75, 3.05) is 18.5 Å². The van der Waals surface area contributed by atoms with Gasteiger partial charge in [-0.3, -0.25) is 10.1 Å². The molecule has 30 heavy (non-hydrogen) atoms. The number of anilines is 1. The number of aromatic nitrogens is 1. The van der Waals surface area contributed by atoms with Gasteiger partial charge in [0.15, 0.2) is 15.0 Å². The summed E-state index contributed by atoms with van der Waals surface area (Å²) in [5, 5.41) is 2.58. The lowest BCUT2D eigenvalue weighted by atomic mass is 10.1. The highest BCUT2D eigenvalue weighted by Gasteiger charge is 2.25. The van der Waals surface area contributed by atoms with Crippen molar-refractivity contribution in [3.63, 3.8) is 0 Å². The number of amides is 2. The Morgan fingerprint density at radius 1 is 1.27 bits per heavy atom. The first-order valence-electron chi connectivity index (χ1n) is 9.73. The van der Waals surface area contributed by atoms with Gasteiger partial charge in [0.2, 0.25) is 5.91 Å². The maximum Gasteiger partial charge on any atom is 0.413 e. The molecule has 8 nitrogen and oxygen atoms in total.